The topological polar surface area (TPSA) is 123 Å². The van der Waals surface area contributed by atoms with Crippen LogP contribution in [0.4, 0.5) is 0 Å². The summed E-state index contributed by atoms with van der Waals surface area (Å²) < 4.78 is 13.4. The zero-order valence-electron chi connectivity index (χ0n) is 17.8. The number of rotatable bonds is 4. The van der Waals surface area contributed by atoms with Gasteiger partial charge in [0.15, 0.2) is 5.75 Å². The number of nitrogens with zero attached hydrogens (tertiary/aromatic N) is 3. The van der Waals surface area contributed by atoms with E-state index in [1.165, 1.54) is 0 Å². The van der Waals surface area contributed by atoms with Crippen molar-refractivity contribution < 1.29 is 23.8 Å². The van der Waals surface area contributed by atoms with E-state index < -0.39 is 12.0 Å². The third kappa shape index (κ3) is 2.93. The van der Waals surface area contributed by atoms with Gasteiger partial charge < -0.3 is 24.9 Å². The summed E-state index contributed by atoms with van der Waals surface area (Å²) in [5, 5.41) is 14.7. The second-order valence-electron chi connectivity index (χ2n) is 8.08. The molecule has 4 heterocycles. The molecule has 9 heteroatoms. The van der Waals surface area contributed by atoms with Gasteiger partial charge in [-0.3, -0.25) is 9.59 Å². The number of hydrogen-bond donors (Lipinski definition) is 2. The molecule has 3 N–H and O–H groups in total. The van der Waals surface area contributed by atoms with Crippen LogP contribution in [0.1, 0.15) is 39.0 Å². The molecular weight excluding hydrogens is 412 g/mol. The molecule has 2 amide bonds. The van der Waals surface area contributed by atoms with Crippen molar-refractivity contribution in [2.24, 2.45) is 5.73 Å². The molecule has 9 nitrogen and oxygen atoms in total. The molecule has 0 saturated carbocycles. The van der Waals surface area contributed by atoms with Crippen molar-refractivity contribution in [2.75, 3.05) is 6.54 Å². The summed E-state index contributed by atoms with van der Waals surface area (Å²) in [6.07, 6.45) is 2.77. The van der Waals surface area contributed by atoms with Gasteiger partial charge in [0, 0.05) is 30.3 Å². The smallest absolute Gasteiger partial charge is 0.256 e. The molecule has 1 saturated heterocycles. The van der Waals surface area contributed by atoms with Gasteiger partial charge in [-0.25, -0.2) is 4.52 Å². The van der Waals surface area contributed by atoms with E-state index in [1.807, 2.05) is 13.8 Å². The lowest BCUT2D eigenvalue weighted by Gasteiger charge is -2.43. The fraction of sp³-hybridized carbons (Fsp3) is 0.261. The molecule has 5 rings (SSSR count). The number of fused-ring (bicyclic) bond motifs is 2. The number of aryl methyl sites for hydroxylation is 2. The van der Waals surface area contributed by atoms with Crippen LogP contribution >= 0.6 is 0 Å². The average molecular weight is 434 g/mol. The minimum absolute atomic E-state index is 0.150. The van der Waals surface area contributed by atoms with Crippen molar-refractivity contribution in [1.82, 2.24) is 14.5 Å². The van der Waals surface area contributed by atoms with E-state index in [0.29, 0.717) is 51.4 Å². The number of primary amides is 1. The second-order valence-corrected chi connectivity index (χ2v) is 8.08. The lowest BCUT2D eigenvalue weighted by molar-refractivity contribution is -0.0357. The first kappa shape index (κ1) is 20.1. The van der Waals surface area contributed by atoms with E-state index in [4.69, 9.17) is 14.9 Å². The quantitative estimate of drug-likeness (QED) is 0.509. The van der Waals surface area contributed by atoms with Crippen molar-refractivity contribution in [2.45, 2.75) is 32.9 Å². The number of carbonyl (C=O) groups is 2. The number of benzene rings is 1. The molecule has 1 fully saturated rings. The minimum atomic E-state index is -0.546. The summed E-state index contributed by atoms with van der Waals surface area (Å²) in [6, 6.07) is 6.66. The molecular formula is C23H22N4O5. The zero-order valence-corrected chi connectivity index (χ0v) is 17.8. The van der Waals surface area contributed by atoms with Gasteiger partial charge in [-0.1, -0.05) is 0 Å². The van der Waals surface area contributed by atoms with Crippen LogP contribution in [0.5, 0.6) is 11.5 Å². The van der Waals surface area contributed by atoms with Gasteiger partial charge in [-0.05, 0) is 38.5 Å². The van der Waals surface area contributed by atoms with Gasteiger partial charge in [0.05, 0.1) is 29.5 Å². The Labute approximate surface area is 183 Å². The lowest BCUT2D eigenvalue weighted by atomic mass is 9.99. The van der Waals surface area contributed by atoms with E-state index in [1.54, 1.807) is 53.0 Å². The van der Waals surface area contributed by atoms with E-state index >= 15 is 0 Å². The normalized spacial score (nSPS) is 18.2. The molecule has 0 bridgehead atoms. The van der Waals surface area contributed by atoms with Gasteiger partial charge in [-0.2, -0.15) is 5.10 Å². The second kappa shape index (κ2) is 7.10. The van der Waals surface area contributed by atoms with Crippen LogP contribution < -0.4 is 10.5 Å². The molecule has 2 atom stereocenters. The highest BCUT2D eigenvalue weighted by molar-refractivity contribution is 6.06. The average Bonchev–Trinajstić information content (AvgIpc) is 3.27. The Hall–Kier alpha value is -3.85. The van der Waals surface area contributed by atoms with Crippen LogP contribution in [0.2, 0.25) is 0 Å². The first-order valence-corrected chi connectivity index (χ1v) is 10.2. The summed E-state index contributed by atoms with van der Waals surface area (Å²) in [4.78, 5) is 26.3. The van der Waals surface area contributed by atoms with E-state index in [9.17, 15) is 14.7 Å². The Morgan fingerprint density at radius 3 is 2.75 bits per heavy atom. The van der Waals surface area contributed by atoms with E-state index in [2.05, 4.69) is 5.10 Å². The number of amides is 2. The predicted octanol–water partition coefficient (Wildman–Crippen LogP) is 2.79. The Morgan fingerprint density at radius 1 is 1.28 bits per heavy atom. The van der Waals surface area contributed by atoms with Crippen molar-refractivity contribution in [3.05, 3.63) is 59.1 Å². The Morgan fingerprint density at radius 2 is 2.06 bits per heavy atom. The summed E-state index contributed by atoms with van der Waals surface area (Å²) in [6.45, 7) is 5.67. The molecule has 1 aromatic carbocycles. The Kier molecular flexibility index (Phi) is 4.45. The van der Waals surface area contributed by atoms with Crippen molar-refractivity contribution in [3.8, 4) is 11.5 Å². The zero-order chi connectivity index (χ0) is 22.7. The number of ether oxygens (including phenoxy) is 1. The van der Waals surface area contributed by atoms with Gasteiger partial charge >= 0.3 is 0 Å². The minimum Gasteiger partial charge on any atom is -0.460 e. The fourth-order valence-corrected chi connectivity index (χ4v) is 4.23. The van der Waals surface area contributed by atoms with Crippen LogP contribution in [0.15, 0.2) is 41.1 Å². The molecule has 0 radical (unpaired) electrons. The standard InChI is InChI=1S/C23H22N4O5/c1-11-16(23(30)26-10-17(28)12(26)2)9-27-21(11)18(6-7-25-27)32-14-4-5-15-19(8-14)31-13(3)20(15)22(24)29/h4-9,12,17,28H,10H2,1-3H3,(H2,24,29)/t12-,17+/m1/s1. The highest BCUT2D eigenvalue weighted by Gasteiger charge is 2.38. The molecule has 1 aliphatic heterocycles. The maximum atomic E-state index is 13.0. The molecule has 1 aliphatic rings. The van der Waals surface area contributed by atoms with Gasteiger partial charge in [0.2, 0.25) is 0 Å². The van der Waals surface area contributed by atoms with Crippen LogP contribution in [-0.4, -0.2) is 50.1 Å². The van der Waals surface area contributed by atoms with Crippen molar-refractivity contribution in [3.63, 3.8) is 0 Å². The third-order valence-electron chi connectivity index (χ3n) is 6.13. The third-order valence-corrected chi connectivity index (χ3v) is 6.13. The van der Waals surface area contributed by atoms with E-state index in [0.717, 1.165) is 5.56 Å². The van der Waals surface area contributed by atoms with Crippen LogP contribution in [0.25, 0.3) is 16.5 Å². The van der Waals surface area contributed by atoms with Gasteiger partial charge in [-0.15, -0.1) is 0 Å². The number of aliphatic hydroxyl groups is 1. The molecule has 0 aliphatic carbocycles. The molecule has 0 spiro atoms. The Bertz CT molecular complexity index is 1400. The van der Waals surface area contributed by atoms with Gasteiger partial charge in [0.25, 0.3) is 11.8 Å². The molecule has 4 aromatic rings. The highest BCUT2D eigenvalue weighted by Crippen LogP contribution is 2.34. The monoisotopic (exact) mass is 434 g/mol. The fourth-order valence-electron chi connectivity index (χ4n) is 4.23. The number of aliphatic hydroxyl groups excluding tert-OH is 1. The van der Waals surface area contributed by atoms with Crippen molar-refractivity contribution in [1.29, 1.82) is 0 Å². The summed E-state index contributed by atoms with van der Waals surface area (Å²) >= 11 is 0. The number of carbonyl (C=O) groups excluding carboxylic acids is 2. The summed E-state index contributed by atoms with van der Waals surface area (Å²) in [5.74, 6) is 0.778. The molecule has 164 valence electrons. The van der Waals surface area contributed by atoms with Crippen LogP contribution in [0.3, 0.4) is 0 Å². The number of furan rings is 1. The number of hydrogen-bond acceptors (Lipinski definition) is 6. The summed E-state index contributed by atoms with van der Waals surface area (Å²) in [5.41, 5.74) is 8.22. The molecule has 0 unspecified atom stereocenters. The summed E-state index contributed by atoms with van der Waals surface area (Å²) in [7, 11) is 0. The number of likely N-dealkylation sites (tertiary alicyclic amines) is 1. The number of aromatic nitrogens is 2. The first-order chi connectivity index (χ1) is 15.3. The highest BCUT2D eigenvalue weighted by atomic mass is 16.5. The molecule has 3 aromatic heterocycles. The van der Waals surface area contributed by atoms with Gasteiger partial charge in [0.1, 0.15) is 22.6 Å². The first-order valence-electron chi connectivity index (χ1n) is 10.2. The van der Waals surface area contributed by atoms with Crippen LogP contribution in [-0.2, 0) is 0 Å². The maximum Gasteiger partial charge on any atom is 0.256 e. The number of nitrogens with two attached hydrogens (primary N) is 1. The molecule has 32 heavy (non-hydrogen) atoms. The lowest BCUT2D eigenvalue weighted by Crippen LogP contribution is -2.60. The SMILES string of the molecule is Cc1oc2cc(Oc3ccnn4cc(C(=O)N5C[C@H](O)[C@H]5C)c(C)c34)ccc2c1C(N)=O. The predicted molar refractivity (Wildman–Crippen MR) is 116 cm³/mol. The maximum absolute atomic E-state index is 13.0. The number of β-amino-alcohol motifs (C(OH)–C–C–N with tert-alkyl or cyclic N) is 1. The Balaban J connectivity index is 1.52. The largest absolute Gasteiger partial charge is 0.460 e. The van der Waals surface area contributed by atoms with E-state index in [-0.39, 0.29) is 11.9 Å². The van der Waals surface area contributed by atoms with Crippen LogP contribution in [0, 0.1) is 13.8 Å². The van der Waals surface area contributed by atoms with Crippen molar-refractivity contribution >= 4 is 28.3 Å².